The predicted molar refractivity (Wildman–Crippen MR) is 64.3 cm³/mol. The fourth-order valence-corrected chi connectivity index (χ4v) is 3.37. The van der Waals surface area contributed by atoms with Crippen LogP contribution in [-0.4, -0.2) is 53.5 Å². The summed E-state index contributed by atoms with van der Waals surface area (Å²) in [5.74, 6) is -0.380. The van der Waals surface area contributed by atoms with E-state index in [0.29, 0.717) is 0 Å². The Morgan fingerprint density at radius 1 is 1.45 bits per heavy atom. The second kappa shape index (κ2) is 5.58. The van der Waals surface area contributed by atoms with E-state index in [1.165, 1.54) is 14.0 Å². The van der Waals surface area contributed by atoms with Gasteiger partial charge < -0.3 is 10.8 Å². The molecule has 116 valence electrons. The molecule has 3 N–H and O–H groups in total. The molecule has 0 aliphatic heterocycles. The molecule has 0 atom stereocenters. The Bertz CT molecular complexity index is 582. The highest BCUT2D eigenvalue weighted by Crippen LogP contribution is 2.27. The Morgan fingerprint density at radius 2 is 2.00 bits per heavy atom. The zero-order valence-electron chi connectivity index (χ0n) is 10.8. The lowest BCUT2D eigenvalue weighted by Gasteiger charge is -2.22. The number of anilines is 1. The van der Waals surface area contributed by atoms with Gasteiger partial charge in [0.2, 0.25) is 10.0 Å². The molecule has 20 heavy (non-hydrogen) atoms. The van der Waals surface area contributed by atoms with Gasteiger partial charge in [-0.3, -0.25) is 4.68 Å². The third-order valence-electron chi connectivity index (χ3n) is 2.61. The minimum Gasteiger partial charge on any atom is -0.395 e. The van der Waals surface area contributed by atoms with E-state index in [4.69, 9.17) is 10.8 Å². The van der Waals surface area contributed by atoms with Gasteiger partial charge in [-0.15, -0.1) is 0 Å². The molecule has 0 radical (unpaired) electrons. The molecule has 0 unspecified atom stereocenters. The number of nitrogen functional groups attached to an aromatic ring is 1. The SMILES string of the molecule is Cc1c(S(=O)(=O)N(CCO)CC(F)(F)F)c(N)nn1C. The first-order valence-corrected chi connectivity index (χ1v) is 6.91. The Kier molecular flexibility index (Phi) is 4.66. The van der Waals surface area contributed by atoms with Gasteiger partial charge in [0, 0.05) is 13.6 Å². The Labute approximate surface area is 113 Å². The second-order valence-electron chi connectivity index (χ2n) is 4.10. The van der Waals surface area contributed by atoms with Crippen LogP contribution in [0.2, 0.25) is 0 Å². The summed E-state index contributed by atoms with van der Waals surface area (Å²) in [4.78, 5) is -0.474. The summed E-state index contributed by atoms with van der Waals surface area (Å²) >= 11 is 0. The summed E-state index contributed by atoms with van der Waals surface area (Å²) < 4.78 is 63.1. The van der Waals surface area contributed by atoms with Crippen LogP contribution >= 0.6 is 0 Å². The van der Waals surface area contributed by atoms with Gasteiger partial charge in [-0.1, -0.05) is 0 Å². The number of nitrogens with zero attached hydrogens (tertiary/aromatic N) is 3. The summed E-state index contributed by atoms with van der Waals surface area (Å²) in [5.41, 5.74) is 5.56. The Balaban J connectivity index is 3.30. The van der Waals surface area contributed by atoms with Crippen molar-refractivity contribution in [1.29, 1.82) is 0 Å². The zero-order valence-corrected chi connectivity index (χ0v) is 11.7. The van der Waals surface area contributed by atoms with E-state index >= 15 is 0 Å². The predicted octanol–water partition coefficient (Wildman–Crippen LogP) is -0.144. The lowest BCUT2D eigenvalue weighted by Crippen LogP contribution is -2.41. The van der Waals surface area contributed by atoms with Crippen molar-refractivity contribution < 1.29 is 26.7 Å². The minimum absolute atomic E-state index is 0.118. The molecule has 0 bridgehead atoms. The van der Waals surface area contributed by atoms with Crippen molar-refractivity contribution in [3.63, 3.8) is 0 Å². The summed E-state index contributed by atoms with van der Waals surface area (Å²) in [7, 11) is -3.07. The average Bonchev–Trinajstić information content (AvgIpc) is 2.50. The highest BCUT2D eigenvalue weighted by atomic mass is 32.2. The molecule has 0 spiro atoms. The molecule has 1 heterocycles. The van der Waals surface area contributed by atoms with E-state index in [1.54, 1.807) is 0 Å². The van der Waals surface area contributed by atoms with Gasteiger partial charge in [0.15, 0.2) is 5.82 Å². The summed E-state index contributed by atoms with van der Waals surface area (Å²) in [5, 5.41) is 12.4. The van der Waals surface area contributed by atoms with Gasteiger partial charge in [0.1, 0.15) is 11.4 Å². The molecule has 0 fully saturated rings. The maximum atomic E-state index is 12.4. The fourth-order valence-electron chi connectivity index (χ4n) is 1.66. The standard InChI is InChI=1S/C9H15F3N4O3S/c1-6-7(8(13)14-15(6)2)20(18,19)16(3-4-17)5-9(10,11)12/h17H,3-5H2,1-2H3,(H2,13,14). The van der Waals surface area contributed by atoms with E-state index < -0.39 is 40.8 Å². The molecule has 0 saturated heterocycles. The van der Waals surface area contributed by atoms with Crippen molar-refractivity contribution in [2.24, 2.45) is 7.05 Å². The number of hydrogen-bond donors (Lipinski definition) is 2. The maximum Gasteiger partial charge on any atom is 0.402 e. The monoisotopic (exact) mass is 316 g/mol. The molecule has 0 saturated carbocycles. The maximum absolute atomic E-state index is 12.4. The smallest absolute Gasteiger partial charge is 0.395 e. The molecule has 7 nitrogen and oxygen atoms in total. The number of halogens is 3. The molecule has 1 aromatic rings. The van der Waals surface area contributed by atoms with E-state index in [2.05, 4.69) is 5.10 Å². The van der Waals surface area contributed by atoms with Crippen LogP contribution in [0.4, 0.5) is 19.0 Å². The quantitative estimate of drug-likeness (QED) is 0.787. The van der Waals surface area contributed by atoms with Gasteiger partial charge >= 0.3 is 6.18 Å². The van der Waals surface area contributed by atoms with Crippen molar-refractivity contribution >= 4 is 15.8 Å². The van der Waals surface area contributed by atoms with Gasteiger partial charge in [0.25, 0.3) is 0 Å². The first kappa shape index (κ1) is 16.7. The topological polar surface area (TPSA) is 101 Å². The molecule has 0 aromatic carbocycles. The summed E-state index contributed by atoms with van der Waals surface area (Å²) in [6, 6.07) is 0. The van der Waals surface area contributed by atoms with E-state index in [9.17, 15) is 21.6 Å². The van der Waals surface area contributed by atoms with Crippen LogP contribution in [0.25, 0.3) is 0 Å². The van der Waals surface area contributed by atoms with Gasteiger partial charge in [-0.25, -0.2) is 8.42 Å². The van der Waals surface area contributed by atoms with Gasteiger partial charge in [0.05, 0.1) is 12.3 Å². The molecule has 0 amide bonds. The Hall–Kier alpha value is -1.33. The van der Waals surface area contributed by atoms with Crippen LogP contribution < -0.4 is 5.73 Å². The zero-order chi connectivity index (χ0) is 15.7. The third kappa shape index (κ3) is 3.41. The molecule has 1 rings (SSSR count). The first-order chi connectivity index (χ1) is 9.00. The second-order valence-corrected chi connectivity index (χ2v) is 5.98. The van der Waals surface area contributed by atoms with Crippen LogP contribution in [-0.2, 0) is 17.1 Å². The summed E-state index contributed by atoms with van der Waals surface area (Å²) in [6.45, 7) is -1.76. The molecule has 0 aliphatic carbocycles. The van der Waals surface area contributed by atoms with E-state index in [1.807, 2.05) is 0 Å². The number of aliphatic hydroxyl groups is 1. The third-order valence-corrected chi connectivity index (χ3v) is 4.62. The lowest BCUT2D eigenvalue weighted by atomic mass is 10.5. The molecule has 0 aliphatic rings. The van der Waals surface area contributed by atoms with Crippen LogP contribution in [0.5, 0.6) is 0 Å². The fraction of sp³-hybridized carbons (Fsp3) is 0.667. The summed E-state index contributed by atoms with van der Waals surface area (Å²) in [6.07, 6.45) is -4.73. The average molecular weight is 316 g/mol. The first-order valence-electron chi connectivity index (χ1n) is 5.47. The van der Waals surface area contributed by atoms with Crippen LogP contribution in [0.1, 0.15) is 5.69 Å². The van der Waals surface area contributed by atoms with Gasteiger partial charge in [-0.2, -0.15) is 22.6 Å². The lowest BCUT2D eigenvalue weighted by molar-refractivity contribution is -0.136. The van der Waals surface area contributed by atoms with Crippen molar-refractivity contribution in [2.75, 3.05) is 25.4 Å². The van der Waals surface area contributed by atoms with Gasteiger partial charge in [-0.05, 0) is 6.92 Å². The van der Waals surface area contributed by atoms with Crippen molar-refractivity contribution in [3.8, 4) is 0 Å². The normalized spacial score (nSPS) is 13.2. The van der Waals surface area contributed by atoms with E-state index in [-0.39, 0.29) is 15.8 Å². The van der Waals surface area contributed by atoms with E-state index in [0.717, 1.165) is 4.68 Å². The molecular weight excluding hydrogens is 301 g/mol. The highest BCUT2D eigenvalue weighted by Gasteiger charge is 2.39. The van der Waals surface area contributed by atoms with Crippen LogP contribution in [0.15, 0.2) is 4.90 Å². The number of rotatable bonds is 5. The number of aromatic nitrogens is 2. The molecule has 1 aromatic heterocycles. The number of aliphatic hydroxyl groups excluding tert-OH is 1. The van der Waals surface area contributed by atoms with Crippen molar-refractivity contribution in [2.45, 2.75) is 18.0 Å². The number of nitrogens with two attached hydrogens (primary N) is 1. The largest absolute Gasteiger partial charge is 0.402 e. The number of aryl methyl sites for hydroxylation is 1. The number of sulfonamides is 1. The molecular formula is C9H15F3N4O3S. The number of alkyl halides is 3. The van der Waals surface area contributed by atoms with Crippen LogP contribution in [0.3, 0.4) is 0 Å². The minimum atomic E-state index is -4.73. The highest BCUT2D eigenvalue weighted by molar-refractivity contribution is 7.89. The van der Waals surface area contributed by atoms with Crippen molar-refractivity contribution in [3.05, 3.63) is 5.69 Å². The molecule has 11 heteroatoms. The number of hydrogen-bond acceptors (Lipinski definition) is 5. The van der Waals surface area contributed by atoms with Crippen molar-refractivity contribution in [1.82, 2.24) is 14.1 Å². The van der Waals surface area contributed by atoms with Crippen LogP contribution in [0, 0.1) is 6.92 Å². The Morgan fingerprint density at radius 3 is 2.35 bits per heavy atom.